The van der Waals surface area contributed by atoms with Crippen molar-refractivity contribution < 1.29 is 9.52 Å². The van der Waals surface area contributed by atoms with Gasteiger partial charge in [0.25, 0.3) is 5.91 Å². The molecule has 0 aliphatic heterocycles. The minimum absolute atomic E-state index is 0.271. The van der Waals surface area contributed by atoms with Crippen LogP contribution in [0.1, 0.15) is 28.9 Å². The molecule has 6 heteroatoms. The van der Waals surface area contributed by atoms with Crippen molar-refractivity contribution in [3.63, 3.8) is 0 Å². The zero-order valence-corrected chi connectivity index (χ0v) is 12.2. The molecular formula is C14H12Cl2N2O2. The van der Waals surface area contributed by atoms with Crippen LogP contribution in [0.4, 0.5) is 0 Å². The highest BCUT2D eigenvalue weighted by Crippen LogP contribution is 2.26. The molecule has 0 bridgehead atoms. The van der Waals surface area contributed by atoms with Gasteiger partial charge in [-0.25, -0.2) is 0 Å². The van der Waals surface area contributed by atoms with Crippen molar-refractivity contribution in [2.75, 3.05) is 0 Å². The summed E-state index contributed by atoms with van der Waals surface area (Å²) in [6.45, 7) is 1.82. The Hall–Kier alpha value is -1.78. The lowest BCUT2D eigenvalue weighted by Crippen LogP contribution is -2.29. The van der Waals surface area contributed by atoms with E-state index in [2.05, 4.69) is 5.32 Å². The molecule has 0 unspecified atom stereocenters. The van der Waals surface area contributed by atoms with E-state index in [1.54, 1.807) is 18.2 Å². The normalized spacial score (nSPS) is 11.9. The zero-order valence-electron chi connectivity index (χ0n) is 10.6. The first-order chi connectivity index (χ1) is 9.47. The molecule has 104 valence electrons. The molecule has 2 rings (SSSR count). The summed E-state index contributed by atoms with van der Waals surface area (Å²) in [5.41, 5.74) is 1.19. The number of carbonyl (C=O) groups excluding carboxylic acids is 1. The van der Waals surface area contributed by atoms with Gasteiger partial charge in [-0.2, -0.15) is 4.73 Å². The van der Waals surface area contributed by atoms with Crippen molar-refractivity contribution in [3.05, 3.63) is 69.1 Å². The number of benzene rings is 1. The largest absolute Gasteiger partial charge is 0.619 e. The van der Waals surface area contributed by atoms with Crippen LogP contribution in [0.2, 0.25) is 10.0 Å². The summed E-state index contributed by atoms with van der Waals surface area (Å²) in [5, 5.41) is 14.8. The molecule has 0 aliphatic rings. The maximum absolute atomic E-state index is 12.0. The van der Waals surface area contributed by atoms with Gasteiger partial charge >= 0.3 is 0 Å². The topological polar surface area (TPSA) is 56.0 Å². The molecule has 0 saturated heterocycles. The molecule has 20 heavy (non-hydrogen) atoms. The van der Waals surface area contributed by atoms with Gasteiger partial charge in [-0.3, -0.25) is 4.79 Å². The van der Waals surface area contributed by atoms with Gasteiger partial charge in [0.05, 0.1) is 11.6 Å². The molecule has 0 aliphatic carbocycles. The Morgan fingerprint density at radius 3 is 2.50 bits per heavy atom. The van der Waals surface area contributed by atoms with Gasteiger partial charge in [-0.05, 0) is 24.6 Å². The maximum atomic E-state index is 12.0. The summed E-state index contributed by atoms with van der Waals surface area (Å²) >= 11 is 11.9. The van der Waals surface area contributed by atoms with Gasteiger partial charge in [0.15, 0.2) is 12.4 Å². The number of pyridine rings is 1. The van der Waals surface area contributed by atoms with Crippen molar-refractivity contribution in [2.24, 2.45) is 0 Å². The Kier molecular flexibility index (Phi) is 4.47. The van der Waals surface area contributed by atoms with Gasteiger partial charge in [0, 0.05) is 22.2 Å². The Bertz CT molecular complexity index is 630. The molecule has 0 fully saturated rings. The van der Waals surface area contributed by atoms with Gasteiger partial charge in [-0.1, -0.05) is 29.3 Å². The molecule has 0 saturated carbocycles. The Morgan fingerprint density at radius 1 is 1.25 bits per heavy atom. The highest BCUT2D eigenvalue weighted by atomic mass is 35.5. The van der Waals surface area contributed by atoms with Crippen molar-refractivity contribution >= 4 is 29.1 Å². The second-order valence-corrected chi connectivity index (χ2v) is 5.15. The highest BCUT2D eigenvalue weighted by Gasteiger charge is 2.14. The Balaban J connectivity index is 2.12. The van der Waals surface area contributed by atoms with E-state index in [0.717, 1.165) is 5.56 Å². The zero-order chi connectivity index (χ0) is 14.7. The number of nitrogens with one attached hydrogen (secondary N) is 1. The van der Waals surface area contributed by atoms with Crippen LogP contribution < -0.4 is 10.0 Å². The van der Waals surface area contributed by atoms with Crippen LogP contribution in [-0.4, -0.2) is 5.91 Å². The van der Waals surface area contributed by atoms with E-state index in [0.29, 0.717) is 20.3 Å². The number of carbonyl (C=O) groups is 1. The van der Waals surface area contributed by atoms with E-state index >= 15 is 0 Å². The second kappa shape index (κ2) is 6.11. The van der Waals surface area contributed by atoms with E-state index in [1.165, 1.54) is 24.5 Å². The molecule has 1 amide bonds. The van der Waals surface area contributed by atoms with Crippen molar-refractivity contribution in [2.45, 2.75) is 13.0 Å². The maximum Gasteiger partial charge on any atom is 0.252 e. The predicted molar refractivity (Wildman–Crippen MR) is 77.7 cm³/mol. The fourth-order valence-corrected chi connectivity index (χ4v) is 2.35. The lowest BCUT2D eigenvalue weighted by molar-refractivity contribution is -0.605. The summed E-state index contributed by atoms with van der Waals surface area (Å²) in [7, 11) is 0. The lowest BCUT2D eigenvalue weighted by atomic mass is 10.1. The number of rotatable bonds is 3. The standard InChI is InChI=1S/C14H12Cl2N2O2/c1-9(12-3-2-11(15)8-13(12)16)17-14(19)10-4-6-18(20)7-5-10/h2-9H,1H3,(H,17,19)/t9-/m0/s1. The minimum atomic E-state index is -0.274. The van der Waals surface area contributed by atoms with Crippen molar-refractivity contribution in [3.8, 4) is 0 Å². The fraction of sp³-hybridized carbons (Fsp3) is 0.143. The van der Waals surface area contributed by atoms with Crippen LogP contribution in [0.3, 0.4) is 0 Å². The van der Waals surface area contributed by atoms with E-state index < -0.39 is 0 Å². The SMILES string of the molecule is C[C@H](NC(=O)c1cc[n+]([O-])cc1)c1ccc(Cl)cc1Cl. The summed E-state index contributed by atoms with van der Waals surface area (Å²) in [5.74, 6) is -0.274. The van der Waals surface area contributed by atoms with E-state index in [-0.39, 0.29) is 11.9 Å². The van der Waals surface area contributed by atoms with Gasteiger partial charge < -0.3 is 10.5 Å². The van der Waals surface area contributed by atoms with E-state index in [9.17, 15) is 10.0 Å². The fourth-order valence-electron chi connectivity index (χ4n) is 1.77. The van der Waals surface area contributed by atoms with Crippen LogP contribution in [0.15, 0.2) is 42.7 Å². The molecule has 4 nitrogen and oxygen atoms in total. The van der Waals surface area contributed by atoms with Crippen molar-refractivity contribution in [1.29, 1.82) is 0 Å². The van der Waals surface area contributed by atoms with Crippen LogP contribution in [0.25, 0.3) is 0 Å². The number of hydrogen-bond donors (Lipinski definition) is 1. The first-order valence-electron chi connectivity index (χ1n) is 5.92. The monoisotopic (exact) mass is 310 g/mol. The molecule has 2 aromatic rings. The average molecular weight is 311 g/mol. The summed E-state index contributed by atoms with van der Waals surface area (Å²) < 4.78 is 0.621. The molecule has 1 atom stereocenters. The van der Waals surface area contributed by atoms with E-state index in [1.807, 2.05) is 6.92 Å². The van der Waals surface area contributed by atoms with Crippen LogP contribution >= 0.6 is 23.2 Å². The van der Waals surface area contributed by atoms with Gasteiger partial charge in [-0.15, -0.1) is 0 Å². The third kappa shape index (κ3) is 3.40. The van der Waals surface area contributed by atoms with Crippen LogP contribution in [-0.2, 0) is 0 Å². The number of halogens is 2. The first-order valence-corrected chi connectivity index (χ1v) is 6.67. The molecule has 1 aromatic heterocycles. The third-order valence-electron chi connectivity index (χ3n) is 2.84. The van der Waals surface area contributed by atoms with Gasteiger partial charge in [0.1, 0.15) is 0 Å². The summed E-state index contributed by atoms with van der Waals surface area (Å²) in [4.78, 5) is 12.0. The predicted octanol–water partition coefficient (Wildman–Crippen LogP) is 3.12. The number of amides is 1. The number of hydrogen-bond acceptors (Lipinski definition) is 2. The third-order valence-corrected chi connectivity index (χ3v) is 3.40. The highest BCUT2D eigenvalue weighted by molar-refractivity contribution is 6.35. The average Bonchev–Trinajstić information content (AvgIpc) is 2.39. The van der Waals surface area contributed by atoms with Crippen LogP contribution in [0.5, 0.6) is 0 Å². The molecular weight excluding hydrogens is 299 g/mol. The van der Waals surface area contributed by atoms with Crippen molar-refractivity contribution in [1.82, 2.24) is 5.32 Å². The second-order valence-electron chi connectivity index (χ2n) is 4.31. The van der Waals surface area contributed by atoms with Crippen LogP contribution in [0, 0.1) is 5.21 Å². The summed E-state index contributed by atoms with van der Waals surface area (Å²) in [6.07, 6.45) is 2.55. The Morgan fingerprint density at radius 2 is 1.90 bits per heavy atom. The van der Waals surface area contributed by atoms with Gasteiger partial charge in [0.2, 0.25) is 0 Å². The quantitative estimate of drug-likeness (QED) is 0.699. The molecule has 1 heterocycles. The molecule has 1 aromatic carbocycles. The molecule has 0 spiro atoms. The molecule has 0 radical (unpaired) electrons. The Labute approximate surface area is 126 Å². The number of nitrogens with zero attached hydrogens (tertiary/aromatic N) is 1. The molecule has 1 N–H and O–H groups in total. The minimum Gasteiger partial charge on any atom is -0.619 e. The smallest absolute Gasteiger partial charge is 0.252 e. The first kappa shape index (κ1) is 14.6. The van der Waals surface area contributed by atoms with E-state index in [4.69, 9.17) is 23.2 Å². The number of aromatic nitrogens is 1. The summed E-state index contributed by atoms with van der Waals surface area (Å²) in [6, 6.07) is 7.76. The lowest BCUT2D eigenvalue weighted by Gasteiger charge is -2.15.